The fourth-order valence-corrected chi connectivity index (χ4v) is 4.14. The molecule has 4 rings (SSSR count). The van der Waals surface area contributed by atoms with Crippen LogP contribution < -0.4 is 9.64 Å². The first-order valence-electron chi connectivity index (χ1n) is 12.1. The van der Waals surface area contributed by atoms with Crippen LogP contribution in [0.15, 0.2) is 83.6 Å². The summed E-state index contributed by atoms with van der Waals surface area (Å²) in [6.07, 6.45) is 4.10. The highest BCUT2D eigenvalue weighted by atomic mass is 79.9. The standard InChI is InChI=1S/C33H27BrN2O/c1-4-5-9-22-36(3)32-20-21-35-24-28(32)14-17-31-30-18-16-29(34)23-27(30)15-19-33(31)37-25(2)12-13-26-10-7-6-8-11-26/h6-8,10-11,15-16,18-21,23-25H,4,22H2,1-3H3/t25-/m0/s1. The molecule has 3 nitrogen and oxygen atoms in total. The number of halogens is 1. The van der Waals surface area contributed by atoms with Crippen molar-refractivity contribution in [2.45, 2.75) is 26.4 Å². The van der Waals surface area contributed by atoms with Crippen molar-refractivity contribution in [1.29, 1.82) is 0 Å². The Morgan fingerprint density at radius 2 is 1.81 bits per heavy atom. The van der Waals surface area contributed by atoms with Crippen LogP contribution in [0.1, 0.15) is 37.0 Å². The van der Waals surface area contributed by atoms with Gasteiger partial charge in [0.25, 0.3) is 0 Å². The van der Waals surface area contributed by atoms with Gasteiger partial charge in [0.15, 0.2) is 6.10 Å². The van der Waals surface area contributed by atoms with Crippen LogP contribution in [0.25, 0.3) is 10.8 Å². The van der Waals surface area contributed by atoms with Gasteiger partial charge >= 0.3 is 0 Å². The lowest BCUT2D eigenvalue weighted by molar-refractivity contribution is 0.278. The van der Waals surface area contributed by atoms with Gasteiger partial charge in [-0.3, -0.25) is 4.98 Å². The largest absolute Gasteiger partial charge is 0.477 e. The number of ether oxygens (including phenoxy) is 1. The number of hydrogen-bond donors (Lipinski definition) is 0. The van der Waals surface area contributed by atoms with Gasteiger partial charge in [-0.25, -0.2) is 0 Å². The van der Waals surface area contributed by atoms with E-state index in [2.05, 4.69) is 73.5 Å². The summed E-state index contributed by atoms with van der Waals surface area (Å²) in [6.45, 7) is 4.62. The second-order valence-electron chi connectivity index (χ2n) is 8.41. The van der Waals surface area contributed by atoms with E-state index in [1.807, 2.05) is 75.5 Å². The van der Waals surface area contributed by atoms with E-state index in [0.717, 1.165) is 44.0 Å². The van der Waals surface area contributed by atoms with E-state index in [0.29, 0.717) is 12.3 Å². The maximum absolute atomic E-state index is 6.31. The molecule has 4 aromatic rings. The molecular weight excluding hydrogens is 520 g/mol. The van der Waals surface area contributed by atoms with E-state index in [9.17, 15) is 0 Å². The topological polar surface area (TPSA) is 25.4 Å². The molecule has 182 valence electrons. The summed E-state index contributed by atoms with van der Waals surface area (Å²) in [5.74, 6) is 20.1. The first kappa shape index (κ1) is 25.9. The second-order valence-corrected chi connectivity index (χ2v) is 9.32. The van der Waals surface area contributed by atoms with Crippen LogP contribution in [0.3, 0.4) is 0 Å². The molecular formula is C33H27BrN2O. The average Bonchev–Trinajstić information content (AvgIpc) is 2.92. The Balaban J connectivity index is 1.72. The highest BCUT2D eigenvalue weighted by molar-refractivity contribution is 9.10. The number of rotatable bonds is 4. The highest BCUT2D eigenvalue weighted by Gasteiger charge is 2.11. The number of anilines is 1. The first-order valence-corrected chi connectivity index (χ1v) is 12.9. The molecule has 0 aliphatic rings. The summed E-state index contributed by atoms with van der Waals surface area (Å²) in [7, 11) is 2.02. The van der Waals surface area contributed by atoms with Crippen LogP contribution in [0, 0.1) is 35.5 Å². The van der Waals surface area contributed by atoms with Crippen molar-refractivity contribution >= 4 is 32.4 Å². The van der Waals surface area contributed by atoms with E-state index in [-0.39, 0.29) is 6.10 Å². The van der Waals surface area contributed by atoms with E-state index in [4.69, 9.17) is 4.74 Å². The van der Waals surface area contributed by atoms with Crippen molar-refractivity contribution in [3.63, 3.8) is 0 Å². The van der Waals surface area contributed by atoms with Crippen LogP contribution >= 0.6 is 15.9 Å². The van der Waals surface area contributed by atoms with Gasteiger partial charge in [-0.2, -0.15) is 0 Å². The number of nitrogens with zero attached hydrogens (tertiary/aromatic N) is 2. The smallest absolute Gasteiger partial charge is 0.156 e. The highest BCUT2D eigenvalue weighted by Crippen LogP contribution is 2.30. The van der Waals surface area contributed by atoms with Crippen molar-refractivity contribution in [2.24, 2.45) is 0 Å². The van der Waals surface area contributed by atoms with Crippen molar-refractivity contribution in [3.8, 4) is 41.3 Å². The van der Waals surface area contributed by atoms with Gasteiger partial charge in [-0.05, 0) is 48.7 Å². The quantitative estimate of drug-likeness (QED) is 0.256. The van der Waals surface area contributed by atoms with Gasteiger partial charge in [0.2, 0.25) is 0 Å². The Labute approximate surface area is 228 Å². The van der Waals surface area contributed by atoms with Crippen molar-refractivity contribution in [1.82, 2.24) is 4.98 Å². The lowest BCUT2D eigenvalue weighted by atomic mass is 10.0. The van der Waals surface area contributed by atoms with Crippen LogP contribution in [-0.4, -0.2) is 24.7 Å². The Morgan fingerprint density at radius 3 is 2.62 bits per heavy atom. The van der Waals surface area contributed by atoms with Crippen molar-refractivity contribution in [3.05, 3.63) is 100 Å². The molecule has 0 aliphatic heterocycles. The molecule has 0 saturated heterocycles. The van der Waals surface area contributed by atoms with Crippen molar-refractivity contribution < 1.29 is 4.74 Å². The third-order valence-electron chi connectivity index (χ3n) is 5.59. The SMILES string of the molecule is CCC#CCN(C)c1ccncc1C#Cc1c(O[C@@H](C)C#Cc2ccccc2)ccc2cc(Br)ccc12. The third kappa shape index (κ3) is 6.95. The van der Waals surface area contributed by atoms with Gasteiger partial charge in [-0.15, -0.1) is 5.92 Å². The van der Waals surface area contributed by atoms with Crippen LogP contribution in [-0.2, 0) is 0 Å². The van der Waals surface area contributed by atoms with E-state index in [1.165, 1.54) is 0 Å². The molecule has 4 heteroatoms. The van der Waals surface area contributed by atoms with Gasteiger partial charge in [0.1, 0.15) is 5.75 Å². The minimum Gasteiger partial charge on any atom is -0.477 e. The minimum atomic E-state index is -0.314. The normalized spacial score (nSPS) is 10.7. The molecule has 1 heterocycles. The molecule has 0 aliphatic carbocycles. The summed E-state index contributed by atoms with van der Waals surface area (Å²) >= 11 is 3.58. The zero-order valence-corrected chi connectivity index (χ0v) is 22.8. The monoisotopic (exact) mass is 546 g/mol. The molecule has 0 unspecified atom stereocenters. The summed E-state index contributed by atoms with van der Waals surface area (Å²) < 4.78 is 7.32. The summed E-state index contributed by atoms with van der Waals surface area (Å²) in [5.41, 5.74) is 3.60. The lowest BCUT2D eigenvalue weighted by Gasteiger charge is -2.17. The molecule has 0 amide bonds. The van der Waals surface area contributed by atoms with Gasteiger partial charge in [0, 0.05) is 41.3 Å². The predicted molar refractivity (Wildman–Crippen MR) is 157 cm³/mol. The Morgan fingerprint density at radius 1 is 0.973 bits per heavy atom. The minimum absolute atomic E-state index is 0.314. The molecule has 0 bridgehead atoms. The summed E-state index contributed by atoms with van der Waals surface area (Å²) in [4.78, 5) is 6.40. The fraction of sp³-hybridized carbons (Fsp3) is 0.182. The number of pyridine rings is 1. The first-order chi connectivity index (χ1) is 18.0. The van der Waals surface area contributed by atoms with Gasteiger partial charge in [-0.1, -0.05) is 82.8 Å². The van der Waals surface area contributed by atoms with Crippen LogP contribution in [0.5, 0.6) is 5.75 Å². The molecule has 1 atom stereocenters. The number of fused-ring (bicyclic) bond motifs is 1. The number of aromatic nitrogens is 1. The number of hydrogen-bond acceptors (Lipinski definition) is 3. The Kier molecular flexibility index (Phi) is 8.89. The van der Waals surface area contributed by atoms with E-state index in [1.54, 1.807) is 12.4 Å². The fourth-order valence-electron chi connectivity index (χ4n) is 3.76. The molecule has 0 fully saturated rings. The predicted octanol–water partition coefficient (Wildman–Crippen LogP) is 7.07. The third-order valence-corrected chi connectivity index (χ3v) is 6.08. The lowest BCUT2D eigenvalue weighted by Crippen LogP contribution is -2.18. The summed E-state index contributed by atoms with van der Waals surface area (Å²) in [5, 5.41) is 2.09. The average molecular weight is 547 g/mol. The summed E-state index contributed by atoms with van der Waals surface area (Å²) in [6, 6.07) is 22.1. The molecule has 37 heavy (non-hydrogen) atoms. The van der Waals surface area contributed by atoms with Gasteiger partial charge < -0.3 is 9.64 Å². The Bertz CT molecular complexity index is 1580. The Hall–Kier alpha value is -4.17. The van der Waals surface area contributed by atoms with Crippen LogP contribution in [0.4, 0.5) is 5.69 Å². The van der Waals surface area contributed by atoms with E-state index < -0.39 is 0 Å². The molecule has 0 spiro atoms. The number of benzene rings is 3. The maximum atomic E-state index is 6.31. The molecule has 1 aromatic heterocycles. The second kappa shape index (κ2) is 12.7. The van der Waals surface area contributed by atoms with Crippen molar-refractivity contribution in [2.75, 3.05) is 18.5 Å². The maximum Gasteiger partial charge on any atom is 0.156 e. The zero-order valence-electron chi connectivity index (χ0n) is 21.2. The van der Waals surface area contributed by atoms with Gasteiger partial charge in [0.05, 0.1) is 23.4 Å². The molecule has 0 radical (unpaired) electrons. The molecule has 0 N–H and O–H groups in total. The molecule has 3 aromatic carbocycles. The van der Waals surface area contributed by atoms with Crippen LogP contribution in [0.2, 0.25) is 0 Å². The zero-order chi connectivity index (χ0) is 26.0. The van der Waals surface area contributed by atoms with E-state index >= 15 is 0 Å². The molecule has 0 saturated carbocycles.